The fourth-order valence-corrected chi connectivity index (χ4v) is 2.10. The molecule has 1 atom stereocenters. The van der Waals surface area contributed by atoms with Gasteiger partial charge in [-0.05, 0) is 54.3 Å². The van der Waals surface area contributed by atoms with Crippen LogP contribution in [0.3, 0.4) is 0 Å². The largest absolute Gasteiger partial charge is 0.484 e. The second-order valence-corrected chi connectivity index (χ2v) is 5.40. The molecule has 4 nitrogen and oxygen atoms in total. The van der Waals surface area contributed by atoms with Gasteiger partial charge in [0, 0.05) is 5.69 Å². The average Bonchev–Trinajstić information content (AvgIpc) is 2.60. The third-order valence-corrected chi connectivity index (χ3v) is 3.73. The molecular weight excluding hydrogens is 288 g/mol. The first-order chi connectivity index (χ1) is 11.1. The van der Waals surface area contributed by atoms with Crippen LogP contribution in [-0.2, 0) is 4.79 Å². The predicted molar refractivity (Wildman–Crippen MR) is 90.4 cm³/mol. The summed E-state index contributed by atoms with van der Waals surface area (Å²) in [5, 5.41) is 11.5. The molecule has 0 heterocycles. The molecule has 118 valence electrons. The molecule has 4 heteroatoms. The van der Waals surface area contributed by atoms with Crippen LogP contribution in [0.15, 0.2) is 48.5 Å². The monoisotopic (exact) mass is 308 g/mol. The van der Waals surface area contributed by atoms with Crippen LogP contribution in [0, 0.1) is 11.3 Å². The minimum atomic E-state index is -0.217. The van der Waals surface area contributed by atoms with Gasteiger partial charge in [0.05, 0.1) is 11.6 Å². The molecule has 0 saturated heterocycles. The molecule has 1 unspecified atom stereocenters. The Hall–Kier alpha value is -2.80. The molecule has 0 aromatic heterocycles. The van der Waals surface area contributed by atoms with Gasteiger partial charge in [-0.3, -0.25) is 4.79 Å². The molecule has 0 bridgehead atoms. The van der Waals surface area contributed by atoms with Crippen LogP contribution in [-0.4, -0.2) is 12.5 Å². The maximum Gasteiger partial charge on any atom is 0.262 e. The van der Waals surface area contributed by atoms with Gasteiger partial charge in [0.15, 0.2) is 6.61 Å². The van der Waals surface area contributed by atoms with Gasteiger partial charge in [-0.15, -0.1) is 0 Å². The van der Waals surface area contributed by atoms with Gasteiger partial charge < -0.3 is 10.1 Å². The third kappa shape index (κ3) is 4.86. The lowest BCUT2D eigenvalue weighted by atomic mass is 9.99. The molecule has 23 heavy (non-hydrogen) atoms. The lowest BCUT2D eigenvalue weighted by Crippen LogP contribution is -2.20. The molecule has 0 aliphatic heterocycles. The van der Waals surface area contributed by atoms with Crippen molar-refractivity contribution in [1.82, 2.24) is 0 Å². The van der Waals surface area contributed by atoms with E-state index < -0.39 is 0 Å². The first kappa shape index (κ1) is 16.6. The van der Waals surface area contributed by atoms with Crippen molar-refractivity contribution in [3.63, 3.8) is 0 Å². The normalized spacial score (nSPS) is 11.3. The Morgan fingerprint density at radius 2 is 1.83 bits per heavy atom. The topological polar surface area (TPSA) is 62.1 Å². The number of amides is 1. The molecule has 0 aliphatic rings. The highest BCUT2D eigenvalue weighted by atomic mass is 16.5. The number of anilines is 1. The van der Waals surface area contributed by atoms with E-state index in [1.807, 2.05) is 30.3 Å². The number of benzene rings is 2. The van der Waals surface area contributed by atoms with E-state index in [1.165, 1.54) is 5.56 Å². The van der Waals surface area contributed by atoms with Crippen LogP contribution in [0.25, 0.3) is 0 Å². The van der Waals surface area contributed by atoms with Gasteiger partial charge >= 0.3 is 0 Å². The van der Waals surface area contributed by atoms with E-state index in [0.29, 0.717) is 17.2 Å². The van der Waals surface area contributed by atoms with Crippen molar-refractivity contribution in [2.75, 3.05) is 11.9 Å². The minimum Gasteiger partial charge on any atom is -0.484 e. The number of nitriles is 1. The quantitative estimate of drug-likeness (QED) is 0.874. The van der Waals surface area contributed by atoms with Gasteiger partial charge in [-0.25, -0.2) is 0 Å². The smallest absolute Gasteiger partial charge is 0.262 e. The van der Waals surface area contributed by atoms with E-state index in [-0.39, 0.29) is 12.5 Å². The molecule has 0 saturated carbocycles. The number of hydrogen-bond donors (Lipinski definition) is 1. The molecule has 2 aromatic carbocycles. The highest BCUT2D eigenvalue weighted by Gasteiger charge is 2.06. The fraction of sp³-hybridized carbons (Fsp3) is 0.263. The Morgan fingerprint density at radius 3 is 2.39 bits per heavy atom. The van der Waals surface area contributed by atoms with Gasteiger partial charge in [0.1, 0.15) is 5.75 Å². The molecule has 2 aromatic rings. The summed E-state index contributed by atoms with van der Waals surface area (Å²) in [7, 11) is 0. The lowest BCUT2D eigenvalue weighted by Gasteiger charge is -2.11. The zero-order chi connectivity index (χ0) is 16.7. The van der Waals surface area contributed by atoms with Crippen molar-refractivity contribution in [2.45, 2.75) is 26.2 Å². The van der Waals surface area contributed by atoms with Crippen molar-refractivity contribution in [3.05, 3.63) is 59.7 Å². The summed E-state index contributed by atoms with van der Waals surface area (Å²) < 4.78 is 5.40. The maximum absolute atomic E-state index is 11.9. The van der Waals surface area contributed by atoms with Crippen LogP contribution >= 0.6 is 0 Å². The number of ether oxygens (including phenoxy) is 1. The van der Waals surface area contributed by atoms with Crippen molar-refractivity contribution in [2.24, 2.45) is 0 Å². The molecule has 0 aliphatic carbocycles. The SMILES string of the molecule is CCC(C)c1ccc(NC(=O)COc2ccc(C#N)cc2)cc1. The van der Waals surface area contributed by atoms with Crippen LogP contribution < -0.4 is 10.1 Å². The Labute approximate surface area is 136 Å². The Balaban J connectivity index is 1.85. The Kier molecular flexibility index (Phi) is 5.76. The zero-order valence-electron chi connectivity index (χ0n) is 13.4. The Morgan fingerprint density at radius 1 is 1.17 bits per heavy atom. The highest BCUT2D eigenvalue weighted by molar-refractivity contribution is 5.91. The van der Waals surface area contributed by atoms with Crippen molar-refractivity contribution < 1.29 is 9.53 Å². The highest BCUT2D eigenvalue weighted by Crippen LogP contribution is 2.20. The van der Waals surface area contributed by atoms with Crippen molar-refractivity contribution in [1.29, 1.82) is 5.26 Å². The summed E-state index contributed by atoms with van der Waals surface area (Å²) in [5.74, 6) is 0.858. The van der Waals surface area contributed by atoms with E-state index >= 15 is 0 Å². The fourth-order valence-electron chi connectivity index (χ4n) is 2.10. The number of nitrogens with one attached hydrogen (secondary N) is 1. The first-order valence-electron chi connectivity index (χ1n) is 7.65. The molecular formula is C19H20N2O2. The van der Waals surface area contributed by atoms with E-state index in [2.05, 4.69) is 19.2 Å². The van der Waals surface area contributed by atoms with Crippen molar-refractivity contribution >= 4 is 11.6 Å². The van der Waals surface area contributed by atoms with E-state index in [9.17, 15) is 4.79 Å². The van der Waals surface area contributed by atoms with E-state index in [0.717, 1.165) is 12.1 Å². The van der Waals surface area contributed by atoms with E-state index in [1.54, 1.807) is 24.3 Å². The first-order valence-corrected chi connectivity index (χ1v) is 7.65. The summed E-state index contributed by atoms with van der Waals surface area (Å²) in [6.07, 6.45) is 1.09. The molecule has 0 spiro atoms. The number of carbonyl (C=O) groups is 1. The molecule has 0 fully saturated rings. The number of rotatable bonds is 6. The average molecular weight is 308 g/mol. The van der Waals surface area contributed by atoms with Crippen LogP contribution in [0.1, 0.15) is 37.3 Å². The molecule has 2 rings (SSSR count). The van der Waals surface area contributed by atoms with Gasteiger partial charge in [0.25, 0.3) is 5.91 Å². The summed E-state index contributed by atoms with van der Waals surface area (Å²) >= 11 is 0. The van der Waals surface area contributed by atoms with Gasteiger partial charge in [-0.1, -0.05) is 26.0 Å². The standard InChI is InChI=1S/C19H20N2O2/c1-3-14(2)16-6-8-17(9-7-16)21-19(22)13-23-18-10-4-15(12-20)5-11-18/h4-11,14H,3,13H2,1-2H3,(H,21,22). The summed E-state index contributed by atoms with van der Waals surface area (Å²) in [6.45, 7) is 4.26. The second kappa shape index (κ2) is 8.00. The molecule has 1 amide bonds. The number of carbonyl (C=O) groups excluding carboxylic acids is 1. The number of nitrogens with zero attached hydrogens (tertiary/aromatic N) is 1. The third-order valence-electron chi connectivity index (χ3n) is 3.73. The van der Waals surface area contributed by atoms with Crippen molar-refractivity contribution in [3.8, 4) is 11.8 Å². The lowest BCUT2D eigenvalue weighted by molar-refractivity contribution is -0.118. The van der Waals surface area contributed by atoms with Crippen LogP contribution in [0.4, 0.5) is 5.69 Å². The number of hydrogen-bond acceptors (Lipinski definition) is 3. The predicted octanol–water partition coefficient (Wildman–Crippen LogP) is 4.09. The summed E-state index contributed by atoms with van der Waals surface area (Å²) in [6, 6.07) is 16.6. The van der Waals surface area contributed by atoms with E-state index in [4.69, 9.17) is 10.00 Å². The second-order valence-electron chi connectivity index (χ2n) is 5.40. The van der Waals surface area contributed by atoms with Crippen LogP contribution in [0.5, 0.6) is 5.75 Å². The van der Waals surface area contributed by atoms with Gasteiger partial charge in [0.2, 0.25) is 0 Å². The zero-order valence-corrected chi connectivity index (χ0v) is 13.4. The Bertz CT molecular complexity index is 685. The van der Waals surface area contributed by atoms with Crippen LogP contribution in [0.2, 0.25) is 0 Å². The molecule has 0 radical (unpaired) electrons. The summed E-state index contributed by atoms with van der Waals surface area (Å²) in [4.78, 5) is 11.9. The maximum atomic E-state index is 11.9. The minimum absolute atomic E-state index is 0.0704. The summed E-state index contributed by atoms with van der Waals surface area (Å²) in [5.41, 5.74) is 2.58. The van der Waals surface area contributed by atoms with Gasteiger partial charge in [-0.2, -0.15) is 5.26 Å². The molecule has 1 N–H and O–H groups in total.